The normalized spacial score (nSPS) is 11.9. The van der Waals surface area contributed by atoms with Crippen molar-refractivity contribution >= 4 is 40.1 Å². The number of anilines is 2. The molecule has 0 fully saturated rings. The van der Waals surface area contributed by atoms with Gasteiger partial charge in [-0.05, 0) is 54.8 Å². The average Bonchev–Trinajstić information content (AvgIpc) is 2.62. The van der Waals surface area contributed by atoms with Crippen LogP contribution in [0.2, 0.25) is 5.02 Å². The first kappa shape index (κ1) is 18.9. The van der Waals surface area contributed by atoms with Crippen molar-refractivity contribution in [3.63, 3.8) is 0 Å². The molecule has 0 atom stereocenters. The number of hydrogen-bond donors (Lipinski definition) is 2. The van der Waals surface area contributed by atoms with Crippen molar-refractivity contribution in [2.24, 2.45) is 0 Å². The highest BCUT2D eigenvalue weighted by atomic mass is 35.5. The zero-order valence-electron chi connectivity index (χ0n) is 13.9. The maximum absolute atomic E-state index is 8.99. The topological polar surface area (TPSA) is 61.8 Å². The van der Waals surface area contributed by atoms with E-state index in [0.717, 1.165) is 16.8 Å². The number of nitrogens with zero attached hydrogens (tertiary/aromatic N) is 1. The van der Waals surface area contributed by atoms with Gasteiger partial charge in [0.1, 0.15) is 0 Å². The predicted molar refractivity (Wildman–Crippen MR) is 108 cm³/mol. The zero-order chi connectivity index (χ0) is 18.2. The molecule has 0 aliphatic carbocycles. The highest BCUT2D eigenvalue weighted by Gasteiger charge is 2.09. The van der Waals surface area contributed by atoms with Gasteiger partial charge in [-0.15, -0.1) is 0 Å². The largest absolute Gasteiger partial charge is 0.397 e. The SMILES string of the molecule is C/C=C(Cl)\C=C(/CCNc1ccccc1N)c1ccc(C#N)cc1Cl. The smallest absolute Gasteiger partial charge is 0.0992 e. The quantitative estimate of drug-likeness (QED) is 0.496. The van der Waals surface area contributed by atoms with Crippen LogP contribution in [-0.4, -0.2) is 6.54 Å². The summed E-state index contributed by atoms with van der Waals surface area (Å²) in [4.78, 5) is 0. The molecule has 0 aliphatic heterocycles. The van der Waals surface area contributed by atoms with Gasteiger partial charge in [-0.1, -0.05) is 47.5 Å². The maximum atomic E-state index is 8.99. The van der Waals surface area contributed by atoms with E-state index < -0.39 is 0 Å². The predicted octanol–water partition coefficient (Wildman–Crippen LogP) is 5.82. The number of nitriles is 1. The van der Waals surface area contributed by atoms with E-state index >= 15 is 0 Å². The summed E-state index contributed by atoms with van der Waals surface area (Å²) in [6, 6.07) is 15.0. The summed E-state index contributed by atoms with van der Waals surface area (Å²) in [5.41, 5.74) is 9.92. The Morgan fingerprint density at radius 3 is 2.68 bits per heavy atom. The fraction of sp³-hybridized carbons (Fsp3) is 0.150. The summed E-state index contributed by atoms with van der Waals surface area (Å²) >= 11 is 12.5. The molecule has 2 aromatic carbocycles. The van der Waals surface area contributed by atoms with Crippen LogP contribution in [0.3, 0.4) is 0 Å². The summed E-state index contributed by atoms with van der Waals surface area (Å²) in [7, 11) is 0. The van der Waals surface area contributed by atoms with E-state index in [1.165, 1.54) is 0 Å². The second kappa shape index (κ2) is 9.17. The van der Waals surface area contributed by atoms with Crippen molar-refractivity contribution in [2.45, 2.75) is 13.3 Å². The number of hydrogen-bond acceptors (Lipinski definition) is 3. The van der Waals surface area contributed by atoms with Crippen LogP contribution < -0.4 is 11.1 Å². The first-order valence-electron chi connectivity index (χ1n) is 7.86. The van der Waals surface area contributed by atoms with E-state index in [2.05, 4.69) is 11.4 Å². The van der Waals surface area contributed by atoms with Crippen molar-refractivity contribution in [1.82, 2.24) is 0 Å². The zero-order valence-corrected chi connectivity index (χ0v) is 15.4. The molecule has 0 aromatic heterocycles. The second-order valence-electron chi connectivity index (χ2n) is 5.41. The fourth-order valence-electron chi connectivity index (χ4n) is 2.37. The van der Waals surface area contributed by atoms with E-state index in [1.54, 1.807) is 12.1 Å². The number of benzene rings is 2. The molecule has 2 rings (SSSR count). The summed E-state index contributed by atoms with van der Waals surface area (Å²) in [6.07, 6.45) is 4.41. The average molecular weight is 372 g/mol. The third-order valence-electron chi connectivity index (χ3n) is 3.70. The number of nitrogens with one attached hydrogen (secondary N) is 1. The molecule has 3 nitrogen and oxygen atoms in total. The molecule has 0 unspecified atom stereocenters. The van der Waals surface area contributed by atoms with Gasteiger partial charge in [0.05, 0.1) is 23.0 Å². The molecular formula is C20H19Cl2N3. The van der Waals surface area contributed by atoms with Gasteiger partial charge < -0.3 is 11.1 Å². The molecule has 0 radical (unpaired) electrons. The van der Waals surface area contributed by atoms with Gasteiger partial charge in [0.2, 0.25) is 0 Å². The van der Waals surface area contributed by atoms with Crippen molar-refractivity contribution in [2.75, 3.05) is 17.6 Å². The lowest BCUT2D eigenvalue weighted by molar-refractivity contribution is 1.08. The van der Waals surface area contributed by atoms with Gasteiger partial charge in [-0.3, -0.25) is 0 Å². The number of rotatable bonds is 6. The number of halogens is 2. The standard InChI is InChI=1S/C20H19Cl2N3/c1-2-16(21)12-15(17-8-7-14(13-23)11-18(17)22)9-10-25-20-6-4-3-5-19(20)24/h2-8,11-12,25H,9-10,24H2,1H3/b15-12+,16-2+. The molecule has 25 heavy (non-hydrogen) atoms. The van der Waals surface area contributed by atoms with Crippen molar-refractivity contribution < 1.29 is 0 Å². The second-order valence-corrected chi connectivity index (χ2v) is 6.26. The molecule has 5 heteroatoms. The maximum Gasteiger partial charge on any atom is 0.0992 e. The summed E-state index contributed by atoms with van der Waals surface area (Å²) in [5.74, 6) is 0. The van der Waals surface area contributed by atoms with Gasteiger partial charge in [-0.25, -0.2) is 0 Å². The highest BCUT2D eigenvalue weighted by Crippen LogP contribution is 2.29. The van der Waals surface area contributed by atoms with Gasteiger partial charge in [0.25, 0.3) is 0 Å². The Balaban J connectivity index is 2.21. The first-order valence-corrected chi connectivity index (χ1v) is 8.61. The fourth-order valence-corrected chi connectivity index (χ4v) is 2.80. The lowest BCUT2D eigenvalue weighted by Gasteiger charge is -2.13. The van der Waals surface area contributed by atoms with Crippen LogP contribution >= 0.6 is 23.2 Å². The Hall–Kier alpha value is -2.41. The van der Waals surface area contributed by atoms with Crippen LogP contribution in [0.5, 0.6) is 0 Å². The molecule has 0 amide bonds. The van der Waals surface area contributed by atoms with Gasteiger partial charge >= 0.3 is 0 Å². The van der Waals surface area contributed by atoms with E-state index in [0.29, 0.717) is 34.3 Å². The lowest BCUT2D eigenvalue weighted by Crippen LogP contribution is -2.05. The van der Waals surface area contributed by atoms with Crippen LogP contribution in [0, 0.1) is 11.3 Å². The Labute approximate surface area is 158 Å². The van der Waals surface area contributed by atoms with Gasteiger partial charge in [0, 0.05) is 16.6 Å². The van der Waals surface area contributed by atoms with Crippen LogP contribution in [0.25, 0.3) is 5.57 Å². The summed E-state index contributed by atoms with van der Waals surface area (Å²) < 4.78 is 0. The number of nitrogens with two attached hydrogens (primary N) is 1. The molecule has 128 valence electrons. The summed E-state index contributed by atoms with van der Waals surface area (Å²) in [5, 5.41) is 13.5. The highest BCUT2D eigenvalue weighted by molar-refractivity contribution is 6.33. The third kappa shape index (κ3) is 5.29. The monoisotopic (exact) mass is 371 g/mol. The molecule has 0 aliphatic rings. The summed E-state index contributed by atoms with van der Waals surface area (Å²) in [6.45, 7) is 2.55. The molecule has 0 bridgehead atoms. The number of allylic oxidation sites excluding steroid dienone is 3. The number of nitrogen functional groups attached to an aromatic ring is 1. The Morgan fingerprint density at radius 1 is 1.28 bits per heavy atom. The Bertz CT molecular complexity index is 848. The minimum atomic E-state index is 0.528. The molecule has 0 spiro atoms. The first-order chi connectivity index (χ1) is 12.0. The van der Waals surface area contributed by atoms with Crippen LogP contribution in [-0.2, 0) is 0 Å². The minimum absolute atomic E-state index is 0.528. The third-order valence-corrected chi connectivity index (χ3v) is 4.34. The van der Waals surface area contributed by atoms with E-state index in [1.807, 2.05) is 49.4 Å². The van der Waals surface area contributed by atoms with E-state index in [9.17, 15) is 0 Å². The molecule has 0 saturated heterocycles. The molecular weight excluding hydrogens is 353 g/mol. The van der Waals surface area contributed by atoms with E-state index in [-0.39, 0.29) is 0 Å². The Kier molecular flexibility index (Phi) is 6.94. The van der Waals surface area contributed by atoms with Crippen LogP contribution in [0.1, 0.15) is 24.5 Å². The van der Waals surface area contributed by atoms with E-state index in [4.69, 9.17) is 34.2 Å². The lowest BCUT2D eigenvalue weighted by atomic mass is 10.0. The molecule has 0 heterocycles. The molecule has 2 aromatic rings. The van der Waals surface area contributed by atoms with Crippen LogP contribution in [0.15, 0.2) is 59.6 Å². The Morgan fingerprint density at radius 2 is 2.04 bits per heavy atom. The molecule has 0 saturated carbocycles. The number of para-hydroxylation sites is 2. The molecule has 3 N–H and O–H groups in total. The van der Waals surface area contributed by atoms with Gasteiger partial charge in [-0.2, -0.15) is 5.26 Å². The minimum Gasteiger partial charge on any atom is -0.397 e. The van der Waals surface area contributed by atoms with Crippen molar-refractivity contribution in [3.8, 4) is 6.07 Å². The van der Waals surface area contributed by atoms with Crippen molar-refractivity contribution in [3.05, 3.63) is 75.8 Å². The van der Waals surface area contributed by atoms with Gasteiger partial charge in [0.15, 0.2) is 0 Å². The van der Waals surface area contributed by atoms with Crippen LogP contribution in [0.4, 0.5) is 11.4 Å². The van der Waals surface area contributed by atoms with Crippen molar-refractivity contribution in [1.29, 1.82) is 5.26 Å².